The van der Waals surface area contributed by atoms with Crippen LogP contribution in [0.25, 0.3) is 0 Å². The second-order valence-corrected chi connectivity index (χ2v) is 7.67. The fraction of sp³-hybridized carbons (Fsp3) is 1.00. The van der Waals surface area contributed by atoms with Crippen LogP contribution < -0.4 is 0 Å². The summed E-state index contributed by atoms with van der Waals surface area (Å²) in [5, 5.41) is 0. The summed E-state index contributed by atoms with van der Waals surface area (Å²) >= 11 is 0. The minimum Gasteiger partial charge on any atom is -0.270 e. The van der Waals surface area contributed by atoms with E-state index in [0.717, 1.165) is 19.3 Å². The van der Waals surface area contributed by atoms with Crippen LogP contribution in [-0.2, 0) is 14.3 Å². The molecule has 0 N–H and O–H groups in total. The van der Waals surface area contributed by atoms with E-state index in [1.807, 2.05) is 0 Å². The average Bonchev–Trinajstić information content (AvgIpc) is 2.44. The van der Waals surface area contributed by atoms with Crippen molar-refractivity contribution in [3.63, 3.8) is 0 Å². The minimum absolute atomic E-state index is 0.179. The zero-order chi connectivity index (χ0) is 15.8. The van der Waals surface area contributed by atoms with Crippen molar-refractivity contribution in [2.45, 2.75) is 97.3 Å². The van der Waals surface area contributed by atoms with Gasteiger partial charge < -0.3 is 0 Å². The summed E-state index contributed by atoms with van der Waals surface area (Å²) < 4.78 is 27.3. The highest BCUT2D eigenvalue weighted by Crippen LogP contribution is 2.12. The summed E-state index contributed by atoms with van der Waals surface area (Å²) in [6.45, 7) is 4.22. The lowest BCUT2D eigenvalue weighted by atomic mass is 10.1. The molecule has 0 fully saturated rings. The van der Waals surface area contributed by atoms with Crippen molar-refractivity contribution in [2.75, 3.05) is 12.4 Å². The summed E-state index contributed by atoms with van der Waals surface area (Å²) in [7, 11) is -3.25. The van der Waals surface area contributed by atoms with Gasteiger partial charge >= 0.3 is 0 Å². The van der Waals surface area contributed by atoms with Crippen molar-refractivity contribution in [1.29, 1.82) is 0 Å². The number of rotatable bonds is 16. The Morgan fingerprint density at radius 3 is 1.38 bits per heavy atom. The summed E-state index contributed by atoms with van der Waals surface area (Å²) in [6.07, 6.45) is 16.4. The number of hydrogen-bond donors (Lipinski definition) is 0. The van der Waals surface area contributed by atoms with Gasteiger partial charge in [0.1, 0.15) is 0 Å². The molecule has 0 aromatic rings. The first-order valence-corrected chi connectivity index (χ1v) is 10.6. The molecule has 0 aromatic carbocycles. The van der Waals surface area contributed by atoms with Crippen LogP contribution in [0.2, 0.25) is 0 Å². The fourth-order valence-corrected chi connectivity index (χ4v) is 3.57. The fourth-order valence-electron chi connectivity index (χ4n) is 2.54. The Morgan fingerprint density at radius 2 is 1.00 bits per heavy atom. The normalized spacial score (nSPS) is 11.9. The molecular formula is C17H36O3S. The lowest BCUT2D eigenvalue weighted by Crippen LogP contribution is -2.10. The third-order valence-electron chi connectivity index (χ3n) is 3.80. The third kappa shape index (κ3) is 16.1. The molecule has 0 saturated heterocycles. The van der Waals surface area contributed by atoms with Gasteiger partial charge in [-0.15, -0.1) is 0 Å². The third-order valence-corrected chi connectivity index (χ3v) is 5.18. The Kier molecular flexibility index (Phi) is 14.8. The van der Waals surface area contributed by atoms with E-state index in [2.05, 4.69) is 6.92 Å². The molecule has 0 rings (SSSR count). The van der Waals surface area contributed by atoms with E-state index in [0.29, 0.717) is 0 Å². The molecule has 0 saturated carbocycles. The predicted octanol–water partition coefficient (Wildman–Crippen LogP) is 5.44. The number of unbranched alkanes of at least 4 members (excludes halogenated alkanes) is 12. The van der Waals surface area contributed by atoms with Crippen molar-refractivity contribution in [3.8, 4) is 0 Å². The van der Waals surface area contributed by atoms with Gasteiger partial charge in [0.25, 0.3) is 10.1 Å². The Bertz CT molecular complexity index is 299. The highest BCUT2D eigenvalue weighted by Gasteiger charge is 2.08. The monoisotopic (exact) mass is 320 g/mol. The maximum atomic E-state index is 11.3. The van der Waals surface area contributed by atoms with Gasteiger partial charge in [0.2, 0.25) is 0 Å². The molecule has 0 spiro atoms. The molecule has 128 valence electrons. The van der Waals surface area contributed by atoms with Gasteiger partial charge in [-0.05, 0) is 13.3 Å². The molecule has 0 atom stereocenters. The molecular weight excluding hydrogens is 284 g/mol. The van der Waals surface area contributed by atoms with Gasteiger partial charge in [0.05, 0.1) is 12.4 Å². The first-order chi connectivity index (χ1) is 10.1. The first-order valence-electron chi connectivity index (χ1n) is 8.99. The lowest BCUT2D eigenvalue weighted by Gasteiger charge is -2.04. The minimum atomic E-state index is -3.25. The SMILES string of the molecule is CCCCCCCCCCCCCCCS(=O)(=O)OCC. The first kappa shape index (κ1) is 20.9. The van der Waals surface area contributed by atoms with E-state index >= 15 is 0 Å². The van der Waals surface area contributed by atoms with Gasteiger partial charge in [-0.25, -0.2) is 0 Å². The van der Waals surface area contributed by atoms with Crippen molar-refractivity contribution in [2.24, 2.45) is 0 Å². The molecule has 0 aliphatic carbocycles. The summed E-state index contributed by atoms with van der Waals surface area (Å²) in [4.78, 5) is 0. The quantitative estimate of drug-likeness (QED) is 0.281. The van der Waals surface area contributed by atoms with Gasteiger partial charge in [-0.1, -0.05) is 84.0 Å². The highest BCUT2D eigenvalue weighted by atomic mass is 32.2. The molecule has 0 aliphatic rings. The highest BCUT2D eigenvalue weighted by molar-refractivity contribution is 7.86. The predicted molar refractivity (Wildman–Crippen MR) is 91.1 cm³/mol. The van der Waals surface area contributed by atoms with Crippen LogP contribution in [0.3, 0.4) is 0 Å². The van der Waals surface area contributed by atoms with Crippen molar-refractivity contribution >= 4 is 10.1 Å². The van der Waals surface area contributed by atoms with E-state index in [1.54, 1.807) is 6.92 Å². The van der Waals surface area contributed by atoms with Gasteiger partial charge in [-0.2, -0.15) is 8.42 Å². The maximum Gasteiger partial charge on any atom is 0.267 e. The molecule has 0 bridgehead atoms. The Balaban J connectivity index is 3.16. The standard InChI is InChI=1S/C17H36O3S/c1-3-5-6-7-8-9-10-11-12-13-14-15-16-17-21(18,19)20-4-2/h3-17H2,1-2H3. The molecule has 0 aromatic heterocycles. The van der Waals surface area contributed by atoms with Gasteiger partial charge in [0, 0.05) is 0 Å². The zero-order valence-corrected chi connectivity index (χ0v) is 15.1. The van der Waals surface area contributed by atoms with E-state index < -0.39 is 10.1 Å². The van der Waals surface area contributed by atoms with E-state index in [9.17, 15) is 8.42 Å². The molecule has 0 aliphatic heterocycles. The zero-order valence-electron chi connectivity index (χ0n) is 14.2. The molecule has 0 heterocycles. The Labute approximate surface area is 133 Å². The van der Waals surface area contributed by atoms with Gasteiger partial charge in [-0.3, -0.25) is 4.18 Å². The lowest BCUT2D eigenvalue weighted by molar-refractivity contribution is 0.337. The van der Waals surface area contributed by atoms with Crippen LogP contribution in [0.15, 0.2) is 0 Å². The largest absolute Gasteiger partial charge is 0.270 e. The van der Waals surface area contributed by atoms with E-state index in [-0.39, 0.29) is 12.4 Å². The second kappa shape index (κ2) is 14.8. The average molecular weight is 321 g/mol. The second-order valence-electron chi connectivity index (χ2n) is 5.91. The molecule has 3 nitrogen and oxygen atoms in total. The maximum absolute atomic E-state index is 11.3. The number of hydrogen-bond acceptors (Lipinski definition) is 3. The van der Waals surface area contributed by atoms with Crippen LogP contribution in [0, 0.1) is 0 Å². The summed E-state index contributed by atoms with van der Waals surface area (Å²) in [5.41, 5.74) is 0. The van der Waals surface area contributed by atoms with Crippen LogP contribution in [0.5, 0.6) is 0 Å². The van der Waals surface area contributed by atoms with Crippen LogP contribution >= 0.6 is 0 Å². The van der Waals surface area contributed by atoms with Crippen LogP contribution in [-0.4, -0.2) is 20.8 Å². The molecule has 0 amide bonds. The van der Waals surface area contributed by atoms with Crippen LogP contribution in [0.4, 0.5) is 0 Å². The summed E-state index contributed by atoms with van der Waals surface area (Å²) in [6, 6.07) is 0. The van der Waals surface area contributed by atoms with Gasteiger partial charge in [0.15, 0.2) is 0 Å². The van der Waals surface area contributed by atoms with Crippen molar-refractivity contribution in [1.82, 2.24) is 0 Å². The Hall–Kier alpha value is -0.0900. The smallest absolute Gasteiger partial charge is 0.267 e. The van der Waals surface area contributed by atoms with E-state index in [1.165, 1.54) is 64.2 Å². The molecule has 0 radical (unpaired) electrons. The summed E-state index contributed by atoms with van der Waals surface area (Å²) in [5.74, 6) is 0.179. The van der Waals surface area contributed by atoms with E-state index in [4.69, 9.17) is 4.18 Å². The molecule has 21 heavy (non-hydrogen) atoms. The molecule has 4 heteroatoms. The Morgan fingerprint density at radius 1 is 0.619 bits per heavy atom. The topological polar surface area (TPSA) is 43.4 Å². The van der Waals surface area contributed by atoms with Crippen LogP contribution in [0.1, 0.15) is 97.3 Å². The molecule has 0 unspecified atom stereocenters. The van der Waals surface area contributed by atoms with Crippen molar-refractivity contribution in [3.05, 3.63) is 0 Å². The van der Waals surface area contributed by atoms with Crippen molar-refractivity contribution < 1.29 is 12.6 Å².